The fraction of sp³-hybridized carbons (Fsp3) is 0.200. The first-order chi connectivity index (χ1) is 13.7. The lowest BCUT2D eigenvalue weighted by Gasteiger charge is -2.12. The standard InChI is InChI=1S/C20H17F4NO4/c1-3-29-20(28)14(8-25-16-5-4-12(21)6-11(16)9-26)19(27)13-7-15(22)18(24)10(2)17(13)23/h4-8,25-26H,3,9H2,1-2H3/b14-8+. The van der Waals surface area contributed by atoms with E-state index in [9.17, 15) is 32.3 Å². The smallest absolute Gasteiger partial charge is 0.343 e. The van der Waals surface area contributed by atoms with Gasteiger partial charge in [-0.25, -0.2) is 22.4 Å². The van der Waals surface area contributed by atoms with Gasteiger partial charge in [0, 0.05) is 23.0 Å². The summed E-state index contributed by atoms with van der Waals surface area (Å²) in [5, 5.41) is 11.8. The van der Waals surface area contributed by atoms with E-state index in [1.165, 1.54) is 13.0 Å². The second-order valence-electron chi connectivity index (χ2n) is 5.87. The van der Waals surface area contributed by atoms with E-state index in [1.54, 1.807) is 0 Å². The summed E-state index contributed by atoms with van der Waals surface area (Å²) in [6.45, 7) is 1.76. The Bertz CT molecular complexity index is 989. The summed E-state index contributed by atoms with van der Waals surface area (Å²) >= 11 is 0. The SMILES string of the molecule is CCOC(=O)/C(=C/Nc1ccc(F)cc1CO)C(=O)c1cc(F)c(F)c(C)c1F. The molecule has 0 radical (unpaired) electrons. The number of hydrogen-bond acceptors (Lipinski definition) is 5. The highest BCUT2D eigenvalue weighted by atomic mass is 19.2. The van der Waals surface area contributed by atoms with Gasteiger partial charge in [0.2, 0.25) is 5.78 Å². The van der Waals surface area contributed by atoms with E-state index < -0.39 is 58.3 Å². The number of aliphatic hydroxyl groups excluding tert-OH is 1. The van der Waals surface area contributed by atoms with Gasteiger partial charge in [0.15, 0.2) is 11.6 Å². The highest BCUT2D eigenvalue weighted by Crippen LogP contribution is 2.23. The molecule has 0 atom stereocenters. The molecule has 2 rings (SSSR count). The van der Waals surface area contributed by atoms with Crippen molar-refractivity contribution in [2.75, 3.05) is 11.9 Å². The number of hydrogen-bond donors (Lipinski definition) is 2. The molecule has 5 nitrogen and oxygen atoms in total. The van der Waals surface area contributed by atoms with Crippen molar-refractivity contribution < 1.29 is 37.0 Å². The molecule has 0 fully saturated rings. The number of ether oxygens (including phenoxy) is 1. The van der Waals surface area contributed by atoms with Crippen molar-refractivity contribution in [2.45, 2.75) is 20.5 Å². The quantitative estimate of drug-likeness (QED) is 0.138. The van der Waals surface area contributed by atoms with Crippen molar-refractivity contribution in [1.29, 1.82) is 0 Å². The van der Waals surface area contributed by atoms with Crippen LogP contribution >= 0.6 is 0 Å². The molecule has 29 heavy (non-hydrogen) atoms. The summed E-state index contributed by atoms with van der Waals surface area (Å²) < 4.78 is 59.5. The molecule has 2 aromatic rings. The van der Waals surface area contributed by atoms with Crippen LogP contribution in [0.25, 0.3) is 0 Å². The number of esters is 1. The van der Waals surface area contributed by atoms with Crippen LogP contribution in [0, 0.1) is 30.2 Å². The highest BCUT2D eigenvalue weighted by Gasteiger charge is 2.27. The average molecular weight is 411 g/mol. The molecule has 0 aliphatic heterocycles. The maximum atomic E-state index is 14.3. The fourth-order valence-electron chi connectivity index (χ4n) is 2.45. The first-order valence-corrected chi connectivity index (χ1v) is 8.43. The zero-order chi connectivity index (χ0) is 21.7. The molecule has 2 aromatic carbocycles. The molecular weight excluding hydrogens is 394 g/mol. The summed E-state index contributed by atoms with van der Waals surface area (Å²) in [5.41, 5.74) is -2.00. The normalized spacial score (nSPS) is 11.3. The predicted octanol–water partition coefficient (Wildman–Crippen LogP) is 3.79. The number of nitrogens with one attached hydrogen (secondary N) is 1. The van der Waals surface area contributed by atoms with Crippen LogP contribution in [0.5, 0.6) is 0 Å². The van der Waals surface area contributed by atoms with Crippen LogP contribution in [0.3, 0.4) is 0 Å². The largest absolute Gasteiger partial charge is 0.462 e. The highest BCUT2D eigenvalue weighted by molar-refractivity contribution is 6.24. The van der Waals surface area contributed by atoms with Crippen molar-refractivity contribution in [3.05, 3.63) is 76.0 Å². The van der Waals surface area contributed by atoms with Crippen LogP contribution in [0.2, 0.25) is 0 Å². The van der Waals surface area contributed by atoms with Crippen molar-refractivity contribution in [2.24, 2.45) is 0 Å². The van der Waals surface area contributed by atoms with Crippen LogP contribution in [0.15, 0.2) is 36.0 Å². The van der Waals surface area contributed by atoms with Gasteiger partial charge in [-0.3, -0.25) is 4.79 Å². The molecule has 0 bridgehead atoms. The van der Waals surface area contributed by atoms with Gasteiger partial charge in [-0.05, 0) is 38.1 Å². The minimum absolute atomic E-state index is 0.110. The van der Waals surface area contributed by atoms with E-state index in [0.29, 0.717) is 6.07 Å². The maximum Gasteiger partial charge on any atom is 0.343 e. The van der Waals surface area contributed by atoms with E-state index in [0.717, 1.165) is 25.3 Å². The van der Waals surface area contributed by atoms with E-state index in [2.05, 4.69) is 5.32 Å². The molecule has 0 saturated carbocycles. The number of aliphatic hydroxyl groups is 1. The van der Waals surface area contributed by atoms with Gasteiger partial charge in [0.1, 0.15) is 17.2 Å². The van der Waals surface area contributed by atoms with Crippen molar-refractivity contribution >= 4 is 17.4 Å². The summed E-state index contributed by atoms with van der Waals surface area (Å²) in [7, 11) is 0. The van der Waals surface area contributed by atoms with Crippen molar-refractivity contribution in [1.82, 2.24) is 0 Å². The number of Topliss-reactive ketones (excluding diaryl/α,β-unsaturated/α-hetero) is 1. The lowest BCUT2D eigenvalue weighted by atomic mass is 10.0. The Hall–Kier alpha value is -3.20. The molecule has 2 N–H and O–H groups in total. The van der Waals surface area contributed by atoms with Gasteiger partial charge in [0.05, 0.1) is 18.8 Å². The van der Waals surface area contributed by atoms with E-state index in [1.807, 2.05) is 0 Å². The number of benzene rings is 2. The Morgan fingerprint density at radius 2 is 1.83 bits per heavy atom. The number of ketones is 1. The first kappa shape index (κ1) is 22.1. The fourth-order valence-corrected chi connectivity index (χ4v) is 2.45. The van der Waals surface area contributed by atoms with E-state index in [4.69, 9.17) is 4.74 Å². The summed E-state index contributed by atoms with van der Waals surface area (Å²) in [4.78, 5) is 24.9. The minimum Gasteiger partial charge on any atom is -0.462 e. The zero-order valence-electron chi connectivity index (χ0n) is 15.5. The minimum atomic E-state index is -1.45. The van der Waals surface area contributed by atoms with Crippen LogP contribution in [-0.4, -0.2) is 23.5 Å². The Labute approximate surface area is 163 Å². The monoisotopic (exact) mass is 411 g/mol. The Morgan fingerprint density at radius 1 is 1.14 bits per heavy atom. The number of carbonyl (C=O) groups excluding carboxylic acids is 2. The lowest BCUT2D eigenvalue weighted by molar-refractivity contribution is -0.138. The van der Waals surface area contributed by atoms with Gasteiger partial charge in [0.25, 0.3) is 0 Å². The van der Waals surface area contributed by atoms with Crippen molar-refractivity contribution in [3.63, 3.8) is 0 Å². The molecule has 9 heteroatoms. The topological polar surface area (TPSA) is 75.6 Å². The molecule has 0 aliphatic carbocycles. The molecule has 0 unspecified atom stereocenters. The van der Waals surface area contributed by atoms with Crippen molar-refractivity contribution in [3.8, 4) is 0 Å². The van der Waals surface area contributed by atoms with Crippen LogP contribution < -0.4 is 5.32 Å². The molecule has 0 saturated heterocycles. The number of halogens is 4. The van der Waals surface area contributed by atoms with Gasteiger partial charge < -0.3 is 15.2 Å². The molecule has 0 aromatic heterocycles. The second kappa shape index (κ2) is 9.33. The summed E-state index contributed by atoms with van der Waals surface area (Å²) in [6.07, 6.45) is 0.864. The van der Waals surface area contributed by atoms with Gasteiger partial charge >= 0.3 is 5.97 Å². The molecule has 0 spiro atoms. The molecule has 0 amide bonds. The number of anilines is 1. The van der Waals surface area contributed by atoms with E-state index >= 15 is 0 Å². The number of rotatable bonds is 7. The first-order valence-electron chi connectivity index (χ1n) is 8.43. The summed E-state index contributed by atoms with van der Waals surface area (Å²) in [5.74, 6) is -7.23. The third-order valence-corrected chi connectivity index (χ3v) is 3.97. The molecule has 0 heterocycles. The van der Waals surface area contributed by atoms with Crippen LogP contribution in [0.1, 0.15) is 28.4 Å². The van der Waals surface area contributed by atoms with Gasteiger partial charge in [-0.15, -0.1) is 0 Å². The second-order valence-corrected chi connectivity index (χ2v) is 5.87. The lowest BCUT2D eigenvalue weighted by Crippen LogP contribution is -2.19. The maximum absolute atomic E-state index is 14.3. The molecule has 0 aliphatic rings. The average Bonchev–Trinajstić information content (AvgIpc) is 2.70. The van der Waals surface area contributed by atoms with E-state index in [-0.39, 0.29) is 17.9 Å². The Balaban J connectivity index is 2.50. The number of carbonyl (C=O) groups is 2. The zero-order valence-corrected chi connectivity index (χ0v) is 15.5. The Morgan fingerprint density at radius 3 is 2.45 bits per heavy atom. The summed E-state index contributed by atoms with van der Waals surface area (Å²) in [6, 6.07) is 3.69. The predicted molar refractivity (Wildman–Crippen MR) is 96.0 cm³/mol. The van der Waals surface area contributed by atoms with Crippen LogP contribution in [0.4, 0.5) is 23.2 Å². The third kappa shape index (κ3) is 4.80. The van der Waals surface area contributed by atoms with Gasteiger partial charge in [-0.2, -0.15) is 0 Å². The van der Waals surface area contributed by atoms with Gasteiger partial charge in [-0.1, -0.05) is 0 Å². The molecular formula is C20H17F4NO4. The molecule has 154 valence electrons. The third-order valence-electron chi connectivity index (χ3n) is 3.97. The Kier molecular flexibility index (Phi) is 7.11. The van der Waals surface area contributed by atoms with Crippen LogP contribution in [-0.2, 0) is 16.1 Å².